The maximum absolute atomic E-state index is 13.1. The molecule has 3 N–H and O–H groups in total. The molecule has 23 heavy (non-hydrogen) atoms. The van der Waals surface area contributed by atoms with Gasteiger partial charge in [-0.25, -0.2) is 4.39 Å². The van der Waals surface area contributed by atoms with Crippen LogP contribution in [0.15, 0.2) is 48.5 Å². The number of benzene rings is 2. The topological polar surface area (TPSA) is 66.6 Å². The Bertz CT molecular complexity index is 702. The van der Waals surface area contributed by atoms with Crippen molar-refractivity contribution in [2.24, 2.45) is 5.73 Å². The molecule has 1 saturated heterocycles. The molecule has 2 aromatic carbocycles. The number of nitrogens with two attached hydrogens (primary N) is 1. The van der Waals surface area contributed by atoms with Gasteiger partial charge in [-0.15, -0.1) is 0 Å². The molecule has 1 fully saturated rings. The highest BCUT2D eigenvalue weighted by atomic mass is 19.1. The Labute approximate surface area is 134 Å². The van der Waals surface area contributed by atoms with E-state index in [1.807, 2.05) is 6.07 Å². The first-order valence-electron chi connectivity index (χ1n) is 7.59. The van der Waals surface area contributed by atoms with Crippen molar-refractivity contribution in [3.8, 4) is 0 Å². The van der Waals surface area contributed by atoms with Gasteiger partial charge in [-0.2, -0.15) is 0 Å². The number of rotatable bonds is 4. The molecular formula is C18H19FN2O2. The smallest absolute Gasteiger partial charge is 0.248 e. The number of nitrogens with zero attached hydrogens (tertiary/aromatic N) is 1. The molecule has 0 spiro atoms. The lowest BCUT2D eigenvalue weighted by Gasteiger charge is -2.24. The Morgan fingerprint density at radius 2 is 2.00 bits per heavy atom. The zero-order valence-corrected chi connectivity index (χ0v) is 12.7. The number of amides is 1. The van der Waals surface area contributed by atoms with Gasteiger partial charge in [0.2, 0.25) is 5.91 Å². The number of hydrogen-bond donors (Lipinski definition) is 2. The van der Waals surface area contributed by atoms with E-state index in [4.69, 9.17) is 5.73 Å². The second-order valence-corrected chi connectivity index (χ2v) is 5.95. The average Bonchev–Trinajstić information content (AvgIpc) is 2.89. The number of aliphatic hydroxyl groups is 1. The van der Waals surface area contributed by atoms with Gasteiger partial charge in [0.25, 0.3) is 0 Å². The normalized spacial score (nSPS) is 21.5. The number of β-amino-alcohol motifs (C(OH)–C–C–N with tert-alkyl or cyclic N) is 1. The fourth-order valence-corrected chi connectivity index (χ4v) is 3.14. The molecule has 120 valence electrons. The first-order chi connectivity index (χ1) is 11.0. The zero-order chi connectivity index (χ0) is 16.4. The number of aliphatic hydroxyl groups excluding tert-OH is 1. The van der Waals surface area contributed by atoms with Crippen LogP contribution < -0.4 is 5.73 Å². The molecule has 2 atom stereocenters. The second-order valence-electron chi connectivity index (χ2n) is 5.95. The Hall–Kier alpha value is -2.24. The molecule has 1 aliphatic heterocycles. The second kappa shape index (κ2) is 6.48. The summed E-state index contributed by atoms with van der Waals surface area (Å²) in [6, 6.07) is 13.6. The third kappa shape index (κ3) is 3.57. The van der Waals surface area contributed by atoms with Gasteiger partial charge in [-0.1, -0.05) is 24.3 Å². The van der Waals surface area contributed by atoms with Gasteiger partial charge < -0.3 is 10.8 Å². The lowest BCUT2D eigenvalue weighted by Crippen LogP contribution is -2.24. The van der Waals surface area contributed by atoms with Crippen molar-refractivity contribution >= 4 is 5.91 Å². The first-order valence-corrected chi connectivity index (χ1v) is 7.59. The summed E-state index contributed by atoms with van der Waals surface area (Å²) in [5.41, 5.74) is 7.73. The van der Waals surface area contributed by atoms with Gasteiger partial charge in [0.1, 0.15) is 5.82 Å². The summed E-state index contributed by atoms with van der Waals surface area (Å²) in [7, 11) is 0. The highest BCUT2D eigenvalue weighted by Gasteiger charge is 2.31. The summed E-state index contributed by atoms with van der Waals surface area (Å²) in [5.74, 6) is -0.726. The van der Waals surface area contributed by atoms with E-state index in [2.05, 4.69) is 4.90 Å². The summed E-state index contributed by atoms with van der Waals surface area (Å²) >= 11 is 0. The molecule has 0 bridgehead atoms. The maximum atomic E-state index is 13.1. The highest BCUT2D eigenvalue weighted by molar-refractivity contribution is 5.92. The van der Waals surface area contributed by atoms with Crippen molar-refractivity contribution in [3.05, 3.63) is 71.0 Å². The monoisotopic (exact) mass is 314 g/mol. The quantitative estimate of drug-likeness (QED) is 0.909. The number of halogens is 1. The van der Waals surface area contributed by atoms with Crippen LogP contribution in [0, 0.1) is 5.82 Å². The van der Waals surface area contributed by atoms with E-state index in [1.165, 1.54) is 12.1 Å². The van der Waals surface area contributed by atoms with E-state index in [1.54, 1.807) is 30.3 Å². The van der Waals surface area contributed by atoms with Crippen molar-refractivity contribution in [2.75, 3.05) is 6.54 Å². The first kappa shape index (κ1) is 15.6. The predicted molar refractivity (Wildman–Crippen MR) is 85.1 cm³/mol. The lowest BCUT2D eigenvalue weighted by molar-refractivity contribution is 0.1000. The molecule has 5 heteroatoms. The zero-order valence-electron chi connectivity index (χ0n) is 12.7. The minimum absolute atomic E-state index is 0.0304. The van der Waals surface area contributed by atoms with Crippen LogP contribution in [-0.2, 0) is 6.54 Å². The molecule has 4 nitrogen and oxygen atoms in total. The summed E-state index contributed by atoms with van der Waals surface area (Å²) in [5, 5.41) is 10.0. The molecule has 3 rings (SSSR count). The largest absolute Gasteiger partial charge is 0.392 e. The van der Waals surface area contributed by atoms with Crippen molar-refractivity contribution in [1.82, 2.24) is 4.90 Å². The van der Waals surface area contributed by atoms with Gasteiger partial charge in [-0.3, -0.25) is 9.69 Å². The van der Waals surface area contributed by atoms with Crippen molar-refractivity contribution in [2.45, 2.75) is 25.1 Å². The summed E-state index contributed by atoms with van der Waals surface area (Å²) in [6.07, 6.45) is 0.200. The molecule has 2 unspecified atom stereocenters. The van der Waals surface area contributed by atoms with Crippen LogP contribution in [0.5, 0.6) is 0 Å². The van der Waals surface area contributed by atoms with Gasteiger partial charge in [0.05, 0.1) is 6.10 Å². The maximum Gasteiger partial charge on any atom is 0.248 e. The number of hydrogen-bond acceptors (Lipinski definition) is 3. The fourth-order valence-electron chi connectivity index (χ4n) is 3.14. The van der Waals surface area contributed by atoms with Crippen molar-refractivity contribution < 1.29 is 14.3 Å². The Morgan fingerprint density at radius 3 is 2.70 bits per heavy atom. The van der Waals surface area contributed by atoms with Crippen molar-refractivity contribution in [3.63, 3.8) is 0 Å². The third-order valence-electron chi connectivity index (χ3n) is 4.23. The SMILES string of the molecule is NC(=O)c1cccc(CN2CC(O)CC2c2ccc(F)cc2)c1. The third-order valence-corrected chi connectivity index (χ3v) is 4.23. The molecule has 1 aliphatic rings. The Kier molecular flexibility index (Phi) is 4.41. The molecule has 0 aromatic heterocycles. The van der Waals surface area contributed by atoms with Crippen LogP contribution in [-0.4, -0.2) is 28.6 Å². The minimum atomic E-state index is -0.455. The van der Waals surface area contributed by atoms with E-state index < -0.39 is 12.0 Å². The molecule has 2 aromatic rings. The van der Waals surface area contributed by atoms with Gasteiger partial charge >= 0.3 is 0 Å². The Morgan fingerprint density at radius 1 is 1.26 bits per heavy atom. The molecule has 1 amide bonds. The summed E-state index contributed by atoms with van der Waals surface area (Å²) < 4.78 is 13.1. The van der Waals surface area contributed by atoms with E-state index in [-0.39, 0.29) is 11.9 Å². The van der Waals surface area contributed by atoms with Gasteiger partial charge in [0.15, 0.2) is 0 Å². The van der Waals surface area contributed by atoms with E-state index in [9.17, 15) is 14.3 Å². The van der Waals surface area contributed by atoms with Crippen LogP contribution in [0.1, 0.15) is 33.9 Å². The predicted octanol–water partition coefficient (Wildman–Crippen LogP) is 2.23. The highest BCUT2D eigenvalue weighted by Crippen LogP contribution is 2.33. The number of carbonyl (C=O) groups excluding carboxylic acids is 1. The van der Waals surface area contributed by atoms with Crippen molar-refractivity contribution in [1.29, 1.82) is 0 Å². The molecule has 0 radical (unpaired) electrons. The number of primary amides is 1. The molecular weight excluding hydrogens is 295 g/mol. The van der Waals surface area contributed by atoms with Crippen LogP contribution >= 0.6 is 0 Å². The average molecular weight is 314 g/mol. The van der Waals surface area contributed by atoms with Crippen LogP contribution in [0.3, 0.4) is 0 Å². The fraction of sp³-hybridized carbons (Fsp3) is 0.278. The van der Waals surface area contributed by atoms with Crippen LogP contribution in [0.25, 0.3) is 0 Å². The van der Waals surface area contributed by atoms with Gasteiger partial charge in [-0.05, 0) is 41.8 Å². The van der Waals surface area contributed by atoms with E-state index >= 15 is 0 Å². The summed E-state index contributed by atoms with van der Waals surface area (Å²) in [6.45, 7) is 1.14. The van der Waals surface area contributed by atoms with Crippen LogP contribution in [0.2, 0.25) is 0 Å². The lowest BCUT2D eigenvalue weighted by atomic mass is 10.0. The Balaban J connectivity index is 1.81. The molecule has 1 heterocycles. The summed E-state index contributed by atoms with van der Waals surface area (Å²) in [4.78, 5) is 13.4. The molecule has 0 aliphatic carbocycles. The standard InChI is InChI=1S/C18H19FN2O2/c19-15-6-4-13(5-7-15)17-9-16(22)11-21(17)10-12-2-1-3-14(8-12)18(20)23/h1-8,16-17,22H,9-11H2,(H2,20,23). The minimum Gasteiger partial charge on any atom is -0.392 e. The van der Waals surface area contributed by atoms with E-state index in [0.717, 1.165) is 11.1 Å². The van der Waals surface area contributed by atoms with E-state index in [0.29, 0.717) is 25.1 Å². The number of likely N-dealkylation sites (tertiary alicyclic amines) is 1. The molecule has 0 saturated carbocycles. The van der Waals surface area contributed by atoms with Gasteiger partial charge in [0, 0.05) is 24.7 Å². The number of carbonyl (C=O) groups is 1. The van der Waals surface area contributed by atoms with Crippen LogP contribution in [0.4, 0.5) is 4.39 Å².